The number of rotatable bonds is 6. The van der Waals surface area contributed by atoms with Crippen LogP contribution in [0.4, 0.5) is 0 Å². The van der Waals surface area contributed by atoms with E-state index in [1.807, 2.05) is 44.2 Å². The Balaban J connectivity index is 2.52. The molecule has 22 heavy (non-hydrogen) atoms. The molecule has 0 aliphatic heterocycles. The lowest BCUT2D eigenvalue weighted by molar-refractivity contribution is 0.445. The van der Waals surface area contributed by atoms with E-state index < -0.39 is 10.0 Å². The maximum absolute atomic E-state index is 12.8. The van der Waals surface area contributed by atoms with Gasteiger partial charge in [0, 0.05) is 13.1 Å². The summed E-state index contributed by atoms with van der Waals surface area (Å²) < 4.78 is 35.3. The second-order valence-corrected chi connectivity index (χ2v) is 6.69. The first-order valence-electron chi connectivity index (χ1n) is 7.83. The first-order chi connectivity index (χ1) is 11.0. The molecule has 4 heteroatoms. The number of hydrogen-bond acceptors (Lipinski definition) is 2. The fourth-order valence-electron chi connectivity index (χ4n) is 2.22. The highest BCUT2D eigenvalue weighted by molar-refractivity contribution is 7.89. The minimum absolute atomic E-state index is 0.181. The molecule has 116 valence electrons. The van der Waals surface area contributed by atoms with Gasteiger partial charge in [-0.2, -0.15) is 4.31 Å². The van der Waals surface area contributed by atoms with Crippen molar-refractivity contribution in [2.75, 3.05) is 13.1 Å². The van der Waals surface area contributed by atoms with Crippen molar-refractivity contribution in [2.45, 2.75) is 18.7 Å². The number of benzene rings is 2. The molecule has 0 radical (unpaired) electrons. The maximum Gasteiger partial charge on any atom is 0.243 e. The summed E-state index contributed by atoms with van der Waals surface area (Å²) in [5.41, 5.74) is 1.29. The van der Waals surface area contributed by atoms with Crippen LogP contribution in [0.5, 0.6) is 0 Å². The van der Waals surface area contributed by atoms with Crippen LogP contribution in [0.2, 0.25) is 0 Å². The van der Waals surface area contributed by atoms with Crippen LogP contribution in [0.15, 0.2) is 59.5 Å². The lowest BCUT2D eigenvalue weighted by Crippen LogP contribution is -2.31. The van der Waals surface area contributed by atoms with Gasteiger partial charge in [0.2, 0.25) is 10.0 Å². The van der Waals surface area contributed by atoms with Gasteiger partial charge < -0.3 is 0 Å². The van der Waals surface area contributed by atoms with E-state index in [-0.39, 0.29) is 10.9 Å². The van der Waals surface area contributed by atoms with Crippen molar-refractivity contribution in [3.05, 3.63) is 65.7 Å². The zero-order chi connectivity index (χ0) is 16.9. The molecule has 0 saturated heterocycles. The van der Waals surface area contributed by atoms with Gasteiger partial charge in [-0.25, -0.2) is 8.42 Å². The minimum atomic E-state index is -3.60. The third kappa shape index (κ3) is 3.64. The molecule has 0 bridgehead atoms. The molecule has 2 aromatic carbocycles. The highest BCUT2D eigenvalue weighted by Gasteiger charge is 2.23. The summed E-state index contributed by atoms with van der Waals surface area (Å²) in [6.45, 7) is 4.43. The third-order valence-electron chi connectivity index (χ3n) is 3.40. The average molecular weight is 316 g/mol. The highest BCUT2D eigenvalue weighted by atomic mass is 32.2. The van der Waals surface area contributed by atoms with Crippen molar-refractivity contribution in [1.29, 1.82) is 0 Å². The first-order valence-corrected chi connectivity index (χ1v) is 8.77. The van der Waals surface area contributed by atoms with E-state index in [4.69, 9.17) is 1.37 Å². The topological polar surface area (TPSA) is 37.4 Å². The van der Waals surface area contributed by atoms with Crippen molar-refractivity contribution in [3.8, 4) is 0 Å². The first kappa shape index (κ1) is 15.0. The summed E-state index contributed by atoms with van der Waals surface area (Å²) >= 11 is 0. The molecule has 0 atom stereocenters. The summed E-state index contributed by atoms with van der Waals surface area (Å²) in [6, 6.07) is 16.3. The van der Waals surface area contributed by atoms with Gasteiger partial charge in [-0.1, -0.05) is 74.5 Å². The van der Waals surface area contributed by atoms with E-state index in [0.717, 1.165) is 5.56 Å². The fraction of sp³-hybridized carbons (Fsp3) is 0.222. The van der Waals surface area contributed by atoms with Crippen LogP contribution in [0.25, 0.3) is 12.1 Å². The van der Waals surface area contributed by atoms with Crippen molar-refractivity contribution >= 4 is 22.2 Å². The molecule has 0 aliphatic carbocycles. The number of sulfonamides is 1. The van der Waals surface area contributed by atoms with Gasteiger partial charge in [0.25, 0.3) is 0 Å². The van der Waals surface area contributed by atoms with Gasteiger partial charge in [-0.3, -0.25) is 0 Å². The molecule has 0 amide bonds. The standard InChI is InChI=1S/C18H21NO2S/c1-3-19(4-2)22(20,21)18-13-9-8-12-17(18)15-14-16-10-6-5-7-11-16/h5-15H,3-4H2,1-2H3/b15-14+/i15D. The molecule has 2 aromatic rings. The predicted octanol–water partition coefficient (Wildman–Crippen LogP) is 3.89. The van der Waals surface area contributed by atoms with Crippen LogP contribution in [0.1, 0.15) is 26.3 Å². The zero-order valence-corrected chi connectivity index (χ0v) is 13.7. The smallest absolute Gasteiger partial charge is 0.207 e. The lowest BCUT2D eigenvalue weighted by atomic mass is 10.1. The Labute approximate surface area is 134 Å². The van der Waals surface area contributed by atoms with Crippen LogP contribution >= 0.6 is 0 Å². The normalized spacial score (nSPS) is 13.2. The van der Waals surface area contributed by atoms with Crippen molar-refractivity contribution < 1.29 is 9.79 Å². The van der Waals surface area contributed by atoms with Crippen molar-refractivity contribution in [1.82, 2.24) is 4.31 Å². The molecule has 0 aliphatic rings. The molecular formula is C18H21NO2S. The van der Waals surface area contributed by atoms with Crippen molar-refractivity contribution in [3.63, 3.8) is 0 Å². The molecule has 0 fully saturated rings. The van der Waals surface area contributed by atoms with Crippen LogP contribution in [0, 0.1) is 0 Å². The van der Waals surface area contributed by atoms with Gasteiger partial charge in [-0.15, -0.1) is 0 Å². The second kappa shape index (κ2) is 7.38. The summed E-state index contributed by atoms with van der Waals surface area (Å²) in [5, 5.41) is 0. The summed E-state index contributed by atoms with van der Waals surface area (Å²) in [4.78, 5) is 0.181. The van der Waals surface area contributed by atoms with Crippen molar-refractivity contribution in [2.24, 2.45) is 0 Å². The monoisotopic (exact) mass is 316 g/mol. The number of hydrogen-bond donors (Lipinski definition) is 0. The molecular weight excluding hydrogens is 294 g/mol. The van der Waals surface area contributed by atoms with Gasteiger partial charge in [0.1, 0.15) is 0 Å². The van der Waals surface area contributed by atoms with E-state index in [1.54, 1.807) is 30.3 Å². The molecule has 0 aromatic heterocycles. The Kier molecular flexibility index (Phi) is 5.03. The minimum Gasteiger partial charge on any atom is -0.207 e. The van der Waals surface area contributed by atoms with Gasteiger partial charge in [0.05, 0.1) is 6.27 Å². The molecule has 0 unspecified atom stereocenters. The largest absolute Gasteiger partial charge is 0.243 e. The van der Waals surface area contributed by atoms with E-state index in [1.165, 1.54) is 4.31 Å². The Bertz CT molecular complexity index is 782. The average Bonchev–Trinajstić information content (AvgIpc) is 2.56. The third-order valence-corrected chi connectivity index (χ3v) is 5.51. The molecule has 3 nitrogen and oxygen atoms in total. The van der Waals surface area contributed by atoms with Gasteiger partial charge >= 0.3 is 0 Å². The van der Waals surface area contributed by atoms with E-state index >= 15 is 0 Å². The fourth-order valence-corrected chi connectivity index (χ4v) is 3.84. The molecule has 0 spiro atoms. The predicted molar refractivity (Wildman–Crippen MR) is 91.9 cm³/mol. The second-order valence-electron chi connectivity index (χ2n) is 4.78. The Morgan fingerprint density at radius 3 is 2.23 bits per heavy atom. The van der Waals surface area contributed by atoms with E-state index in [0.29, 0.717) is 18.7 Å². The van der Waals surface area contributed by atoms with Gasteiger partial charge in [0.15, 0.2) is 0 Å². The Hall–Kier alpha value is -1.91. The van der Waals surface area contributed by atoms with Crippen LogP contribution in [-0.2, 0) is 10.0 Å². The number of nitrogens with zero attached hydrogens (tertiary/aromatic N) is 1. The maximum atomic E-state index is 12.8. The van der Waals surface area contributed by atoms with Gasteiger partial charge in [-0.05, 0) is 17.2 Å². The molecule has 2 rings (SSSR count). The molecule has 0 N–H and O–H groups in total. The summed E-state index contributed by atoms with van der Waals surface area (Å²) in [5.74, 6) is 0. The summed E-state index contributed by atoms with van der Waals surface area (Å²) in [7, 11) is -3.60. The zero-order valence-electron chi connectivity index (χ0n) is 13.9. The van der Waals surface area contributed by atoms with E-state index in [9.17, 15) is 8.42 Å². The Morgan fingerprint density at radius 2 is 1.59 bits per heavy atom. The summed E-state index contributed by atoms with van der Waals surface area (Å²) in [6.07, 6.45) is 1.68. The SMILES string of the molecule is [2H]/C(=C\c1ccccc1)c1ccccc1S(=O)(=O)N(CC)CC. The quantitative estimate of drug-likeness (QED) is 0.758. The van der Waals surface area contributed by atoms with Crippen LogP contribution in [-0.4, -0.2) is 25.8 Å². The Morgan fingerprint density at radius 1 is 1.00 bits per heavy atom. The lowest BCUT2D eigenvalue weighted by Gasteiger charge is -2.19. The van der Waals surface area contributed by atoms with E-state index in [2.05, 4.69) is 0 Å². The highest BCUT2D eigenvalue weighted by Crippen LogP contribution is 2.22. The molecule has 0 heterocycles. The molecule has 0 saturated carbocycles. The van der Waals surface area contributed by atoms with Crippen LogP contribution in [0.3, 0.4) is 0 Å². The van der Waals surface area contributed by atoms with Crippen LogP contribution < -0.4 is 0 Å².